The molecular weight excluding hydrogens is 166 g/mol. The molecule has 0 aromatic rings. The van der Waals surface area contributed by atoms with Gasteiger partial charge in [0.15, 0.2) is 0 Å². The summed E-state index contributed by atoms with van der Waals surface area (Å²) in [6.07, 6.45) is 0.715. The molecule has 3 nitrogen and oxygen atoms in total. The van der Waals surface area contributed by atoms with Gasteiger partial charge in [-0.1, -0.05) is 6.92 Å². The maximum absolute atomic E-state index is 8.63. The van der Waals surface area contributed by atoms with Crippen molar-refractivity contribution in [1.82, 2.24) is 5.32 Å². The maximum atomic E-state index is 8.63. The number of nitrogens with one attached hydrogen (secondary N) is 1. The van der Waals surface area contributed by atoms with Gasteiger partial charge in [-0.15, -0.1) is 0 Å². The van der Waals surface area contributed by atoms with Crippen LogP contribution in [-0.4, -0.2) is 37.0 Å². The van der Waals surface area contributed by atoms with Crippen LogP contribution in [0, 0.1) is 11.8 Å². The van der Waals surface area contributed by atoms with Crippen molar-refractivity contribution in [2.45, 2.75) is 33.0 Å². The summed E-state index contributed by atoms with van der Waals surface area (Å²) >= 11 is 0. The van der Waals surface area contributed by atoms with Gasteiger partial charge in [-0.05, 0) is 19.8 Å². The second kappa shape index (κ2) is 4.94. The Labute approximate surface area is 80.5 Å². The SMILES string of the molecule is CC1OC(C)C(CNCCO)C1C. The second-order valence-electron chi connectivity index (χ2n) is 4.00. The van der Waals surface area contributed by atoms with Crippen LogP contribution in [0.3, 0.4) is 0 Å². The van der Waals surface area contributed by atoms with Crippen molar-refractivity contribution in [3.8, 4) is 0 Å². The molecule has 0 bridgehead atoms. The highest BCUT2D eigenvalue weighted by molar-refractivity contribution is 4.84. The Morgan fingerprint density at radius 2 is 1.92 bits per heavy atom. The number of aliphatic hydroxyl groups is 1. The first-order valence-electron chi connectivity index (χ1n) is 5.14. The number of hydrogen-bond donors (Lipinski definition) is 2. The Morgan fingerprint density at radius 1 is 1.23 bits per heavy atom. The molecule has 4 unspecified atom stereocenters. The van der Waals surface area contributed by atoms with E-state index in [2.05, 4.69) is 26.1 Å². The minimum absolute atomic E-state index is 0.214. The quantitative estimate of drug-likeness (QED) is 0.634. The van der Waals surface area contributed by atoms with Crippen molar-refractivity contribution in [2.75, 3.05) is 19.7 Å². The molecule has 2 N–H and O–H groups in total. The van der Waals surface area contributed by atoms with Gasteiger partial charge in [-0.3, -0.25) is 0 Å². The first kappa shape index (κ1) is 11.0. The lowest BCUT2D eigenvalue weighted by atomic mass is 9.89. The molecule has 0 aromatic carbocycles. The summed E-state index contributed by atoms with van der Waals surface area (Å²) in [7, 11) is 0. The summed E-state index contributed by atoms with van der Waals surface area (Å²) in [5, 5.41) is 11.9. The molecular formula is C10H21NO2. The lowest BCUT2D eigenvalue weighted by molar-refractivity contribution is 0.0511. The Bertz CT molecular complexity index is 152. The molecule has 1 heterocycles. The Hall–Kier alpha value is -0.120. The van der Waals surface area contributed by atoms with E-state index in [4.69, 9.17) is 9.84 Å². The lowest BCUT2D eigenvalue weighted by Crippen LogP contribution is -2.32. The summed E-state index contributed by atoms with van der Waals surface area (Å²) in [5.41, 5.74) is 0. The van der Waals surface area contributed by atoms with Gasteiger partial charge in [0.2, 0.25) is 0 Å². The standard InChI is InChI=1S/C10H21NO2/c1-7-8(2)13-9(3)10(7)6-11-4-5-12/h7-12H,4-6H2,1-3H3. The molecule has 0 radical (unpaired) electrons. The molecule has 0 amide bonds. The van der Waals surface area contributed by atoms with E-state index >= 15 is 0 Å². The molecule has 0 spiro atoms. The van der Waals surface area contributed by atoms with Crippen LogP contribution in [0.25, 0.3) is 0 Å². The number of rotatable bonds is 4. The van der Waals surface area contributed by atoms with E-state index in [-0.39, 0.29) is 6.61 Å². The smallest absolute Gasteiger partial charge is 0.0594 e. The molecule has 0 aromatic heterocycles. The molecule has 1 saturated heterocycles. The van der Waals surface area contributed by atoms with Crippen LogP contribution in [-0.2, 0) is 4.74 Å². The third-order valence-electron chi connectivity index (χ3n) is 3.12. The van der Waals surface area contributed by atoms with E-state index in [1.165, 1.54) is 0 Å². The predicted octanol–water partition coefficient (Wildman–Crippen LogP) is 0.628. The zero-order chi connectivity index (χ0) is 9.84. The van der Waals surface area contributed by atoms with E-state index in [1.807, 2.05) is 0 Å². The van der Waals surface area contributed by atoms with Gasteiger partial charge in [0.25, 0.3) is 0 Å². The topological polar surface area (TPSA) is 41.5 Å². The van der Waals surface area contributed by atoms with Crippen molar-refractivity contribution >= 4 is 0 Å². The monoisotopic (exact) mass is 187 g/mol. The summed E-state index contributed by atoms with van der Waals surface area (Å²) in [5.74, 6) is 1.20. The van der Waals surface area contributed by atoms with Gasteiger partial charge in [-0.25, -0.2) is 0 Å². The fourth-order valence-electron chi connectivity index (χ4n) is 2.04. The van der Waals surface area contributed by atoms with E-state index < -0.39 is 0 Å². The summed E-state index contributed by atoms with van der Waals surface area (Å²) in [4.78, 5) is 0. The van der Waals surface area contributed by atoms with Crippen molar-refractivity contribution in [1.29, 1.82) is 0 Å². The molecule has 4 atom stereocenters. The molecule has 1 aliphatic rings. The van der Waals surface area contributed by atoms with Gasteiger partial charge in [0.05, 0.1) is 18.8 Å². The molecule has 0 aliphatic carbocycles. The van der Waals surface area contributed by atoms with Crippen LogP contribution >= 0.6 is 0 Å². The minimum Gasteiger partial charge on any atom is -0.395 e. The number of hydrogen-bond acceptors (Lipinski definition) is 3. The van der Waals surface area contributed by atoms with Crippen LogP contribution in [0.1, 0.15) is 20.8 Å². The fourth-order valence-corrected chi connectivity index (χ4v) is 2.04. The number of ether oxygens (including phenoxy) is 1. The van der Waals surface area contributed by atoms with Crippen LogP contribution in [0.4, 0.5) is 0 Å². The summed E-state index contributed by atoms with van der Waals surface area (Å²) < 4.78 is 5.71. The minimum atomic E-state index is 0.214. The molecule has 0 saturated carbocycles. The van der Waals surface area contributed by atoms with E-state index in [1.54, 1.807) is 0 Å². The third kappa shape index (κ3) is 2.66. The van der Waals surface area contributed by atoms with Crippen molar-refractivity contribution in [3.63, 3.8) is 0 Å². The van der Waals surface area contributed by atoms with Gasteiger partial charge >= 0.3 is 0 Å². The molecule has 1 rings (SSSR count). The Morgan fingerprint density at radius 3 is 2.38 bits per heavy atom. The first-order chi connectivity index (χ1) is 6.16. The van der Waals surface area contributed by atoms with Crippen LogP contribution in [0.5, 0.6) is 0 Å². The van der Waals surface area contributed by atoms with Gasteiger partial charge in [0, 0.05) is 19.0 Å². The Kier molecular flexibility index (Phi) is 4.16. The van der Waals surface area contributed by atoms with Gasteiger partial charge < -0.3 is 15.2 Å². The number of aliphatic hydroxyl groups excluding tert-OH is 1. The third-order valence-corrected chi connectivity index (χ3v) is 3.12. The van der Waals surface area contributed by atoms with Crippen molar-refractivity contribution in [3.05, 3.63) is 0 Å². The molecule has 1 aliphatic heterocycles. The van der Waals surface area contributed by atoms with Crippen molar-refractivity contribution in [2.24, 2.45) is 11.8 Å². The van der Waals surface area contributed by atoms with E-state index in [0.717, 1.165) is 6.54 Å². The average Bonchev–Trinajstić information content (AvgIpc) is 2.32. The zero-order valence-electron chi connectivity index (χ0n) is 8.79. The fraction of sp³-hybridized carbons (Fsp3) is 1.00. The first-order valence-corrected chi connectivity index (χ1v) is 5.14. The summed E-state index contributed by atoms with van der Waals surface area (Å²) in [6.45, 7) is 8.35. The molecule has 13 heavy (non-hydrogen) atoms. The normalized spacial score (nSPS) is 39.7. The van der Waals surface area contributed by atoms with E-state index in [9.17, 15) is 0 Å². The highest BCUT2D eigenvalue weighted by Gasteiger charge is 2.36. The average molecular weight is 187 g/mol. The maximum Gasteiger partial charge on any atom is 0.0594 e. The van der Waals surface area contributed by atoms with Gasteiger partial charge in [-0.2, -0.15) is 0 Å². The zero-order valence-corrected chi connectivity index (χ0v) is 8.79. The van der Waals surface area contributed by atoms with Crippen LogP contribution in [0.2, 0.25) is 0 Å². The molecule has 78 valence electrons. The highest BCUT2D eigenvalue weighted by Crippen LogP contribution is 2.31. The predicted molar refractivity (Wildman–Crippen MR) is 52.6 cm³/mol. The van der Waals surface area contributed by atoms with Crippen LogP contribution < -0.4 is 5.32 Å². The highest BCUT2D eigenvalue weighted by atomic mass is 16.5. The lowest BCUT2D eigenvalue weighted by Gasteiger charge is -2.18. The van der Waals surface area contributed by atoms with Gasteiger partial charge in [0.1, 0.15) is 0 Å². The second-order valence-corrected chi connectivity index (χ2v) is 4.00. The Balaban J connectivity index is 2.31. The summed E-state index contributed by atoms with van der Waals surface area (Å²) in [6, 6.07) is 0. The van der Waals surface area contributed by atoms with E-state index in [0.29, 0.717) is 30.6 Å². The largest absolute Gasteiger partial charge is 0.395 e. The van der Waals surface area contributed by atoms with Crippen molar-refractivity contribution < 1.29 is 9.84 Å². The van der Waals surface area contributed by atoms with Crippen LogP contribution in [0.15, 0.2) is 0 Å². The molecule has 1 fully saturated rings. The molecule has 3 heteroatoms.